The average molecular weight is 179 g/mol. The minimum atomic E-state index is -0.115. The van der Waals surface area contributed by atoms with Crippen molar-refractivity contribution in [3.05, 3.63) is 0 Å². The van der Waals surface area contributed by atoms with Crippen molar-refractivity contribution in [1.82, 2.24) is 0 Å². The van der Waals surface area contributed by atoms with Crippen LogP contribution in [0.5, 0.6) is 0 Å². The number of ether oxygens (including phenoxy) is 1. The number of esters is 1. The summed E-state index contributed by atoms with van der Waals surface area (Å²) in [5, 5.41) is 0. The lowest BCUT2D eigenvalue weighted by molar-refractivity contribution is -0.148. The lowest BCUT2D eigenvalue weighted by Crippen LogP contribution is -2.17. The molecule has 0 N–H and O–H groups in total. The maximum absolute atomic E-state index is 11.1. The molecule has 0 heterocycles. The second-order valence-electron chi connectivity index (χ2n) is 2.37. The Balaban J connectivity index is 3.61. The number of rotatable bonds is 5. The average Bonchev–Trinajstić information content (AvgIpc) is 2.03. The first-order valence-corrected chi connectivity index (χ1v) is 4.52. The highest BCUT2D eigenvalue weighted by Crippen LogP contribution is 2.09. The van der Waals surface area contributed by atoms with Crippen LogP contribution < -0.4 is 0 Å². The molecule has 3 heteroatoms. The molecular weight excluding hydrogens is 164 g/mol. The van der Waals surface area contributed by atoms with Crippen LogP contribution in [-0.2, 0) is 9.53 Å². The molecule has 0 bridgehead atoms. The lowest BCUT2D eigenvalue weighted by Gasteiger charge is -2.10. The van der Waals surface area contributed by atoms with Gasteiger partial charge in [0.2, 0.25) is 0 Å². The molecule has 0 atom stereocenters. The van der Waals surface area contributed by atoms with Crippen LogP contribution in [0.15, 0.2) is 0 Å². The topological polar surface area (TPSA) is 26.3 Å². The van der Waals surface area contributed by atoms with E-state index in [0.29, 0.717) is 12.5 Å². The van der Waals surface area contributed by atoms with E-state index in [-0.39, 0.29) is 11.9 Å². The summed E-state index contributed by atoms with van der Waals surface area (Å²) >= 11 is 5.36. The van der Waals surface area contributed by atoms with Crippen molar-refractivity contribution in [3.8, 4) is 0 Å². The predicted molar refractivity (Wildman–Crippen MR) is 45.8 cm³/mol. The van der Waals surface area contributed by atoms with Gasteiger partial charge >= 0.3 is 5.97 Å². The Morgan fingerprint density at radius 3 is 2.36 bits per heavy atom. The van der Waals surface area contributed by atoms with Crippen LogP contribution >= 0.6 is 11.6 Å². The van der Waals surface area contributed by atoms with Gasteiger partial charge in [-0.25, -0.2) is 0 Å². The summed E-state index contributed by atoms with van der Waals surface area (Å²) < 4.78 is 4.86. The summed E-state index contributed by atoms with van der Waals surface area (Å²) in [6.45, 7) is 4.29. The summed E-state index contributed by atoms with van der Waals surface area (Å²) in [4.78, 5) is 11.1. The standard InChI is InChI=1S/C8H15ClO2/c1-3-7(4-2)8(10)11-6-5-9/h7H,3-6H2,1-2H3. The third kappa shape index (κ3) is 4.25. The van der Waals surface area contributed by atoms with Gasteiger partial charge < -0.3 is 4.74 Å². The number of carbonyl (C=O) groups is 1. The third-order valence-corrected chi connectivity index (χ3v) is 1.79. The smallest absolute Gasteiger partial charge is 0.308 e. The molecule has 0 spiro atoms. The number of halogens is 1. The highest BCUT2D eigenvalue weighted by atomic mass is 35.5. The fourth-order valence-electron chi connectivity index (χ4n) is 0.879. The van der Waals surface area contributed by atoms with Crippen LogP contribution in [-0.4, -0.2) is 18.5 Å². The van der Waals surface area contributed by atoms with Crippen molar-refractivity contribution < 1.29 is 9.53 Å². The normalized spacial score (nSPS) is 10.2. The SMILES string of the molecule is CCC(CC)C(=O)OCCCl. The van der Waals surface area contributed by atoms with Gasteiger partial charge in [-0.05, 0) is 12.8 Å². The maximum atomic E-state index is 11.1. The van der Waals surface area contributed by atoms with Gasteiger partial charge in [-0.3, -0.25) is 4.79 Å². The van der Waals surface area contributed by atoms with Crippen molar-refractivity contribution in [2.75, 3.05) is 12.5 Å². The molecule has 0 aliphatic carbocycles. The fourth-order valence-corrected chi connectivity index (χ4v) is 0.956. The zero-order chi connectivity index (χ0) is 8.69. The summed E-state index contributed by atoms with van der Waals surface area (Å²) in [6.07, 6.45) is 1.69. The van der Waals surface area contributed by atoms with Crippen LogP contribution in [0.2, 0.25) is 0 Å². The van der Waals surface area contributed by atoms with E-state index in [1.54, 1.807) is 0 Å². The van der Waals surface area contributed by atoms with Gasteiger partial charge in [0.25, 0.3) is 0 Å². The molecular formula is C8H15ClO2. The van der Waals surface area contributed by atoms with E-state index in [9.17, 15) is 4.79 Å². The molecule has 0 radical (unpaired) electrons. The Bertz CT molecular complexity index is 111. The summed E-state index contributed by atoms with van der Waals surface area (Å²) in [7, 11) is 0. The van der Waals surface area contributed by atoms with Crippen molar-refractivity contribution >= 4 is 17.6 Å². The quantitative estimate of drug-likeness (QED) is 0.477. The number of hydrogen-bond acceptors (Lipinski definition) is 2. The number of carbonyl (C=O) groups excluding carboxylic acids is 1. The van der Waals surface area contributed by atoms with Crippen LogP contribution in [0.1, 0.15) is 26.7 Å². The minimum Gasteiger partial charge on any atom is -0.464 e. The van der Waals surface area contributed by atoms with Crippen molar-refractivity contribution in [3.63, 3.8) is 0 Å². The molecule has 0 amide bonds. The molecule has 0 aromatic rings. The van der Waals surface area contributed by atoms with Crippen LogP contribution in [0.4, 0.5) is 0 Å². The van der Waals surface area contributed by atoms with E-state index < -0.39 is 0 Å². The second kappa shape index (κ2) is 6.47. The third-order valence-electron chi connectivity index (χ3n) is 1.64. The molecule has 0 aliphatic rings. The molecule has 0 fully saturated rings. The lowest BCUT2D eigenvalue weighted by atomic mass is 10.0. The van der Waals surface area contributed by atoms with Gasteiger partial charge in [0, 0.05) is 0 Å². The number of hydrogen-bond donors (Lipinski definition) is 0. The summed E-state index contributed by atoms with van der Waals surface area (Å²) in [6, 6.07) is 0. The van der Waals surface area contributed by atoms with E-state index in [0.717, 1.165) is 12.8 Å². The zero-order valence-electron chi connectivity index (χ0n) is 7.10. The van der Waals surface area contributed by atoms with Gasteiger partial charge in [-0.1, -0.05) is 13.8 Å². The Morgan fingerprint density at radius 1 is 1.45 bits per heavy atom. The zero-order valence-corrected chi connectivity index (χ0v) is 7.86. The number of alkyl halides is 1. The monoisotopic (exact) mass is 178 g/mol. The van der Waals surface area contributed by atoms with Crippen LogP contribution in [0.25, 0.3) is 0 Å². The molecule has 0 aromatic carbocycles. The van der Waals surface area contributed by atoms with Gasteiger partial charge in [-0.15, -0.1) is 11.6 Å². The Kier molecular flexibility index (Phi) is 6.33. The molecule has 2 nitrogen and oxygen atoms in total. The van der Waals surface area contributed by atoms with Crippen molar-refractivity contribution in [1.29, 1.82) is 0 Å². The molecule has 66 valence electrons. The molecule has 0 unspecified atom stereocenters. The van der Waals surface area contributed by atoms with Gasteiger partial charge in [0.15, 0.2) is 0 Å². The minimum absolute atomic E-state index is 0.0539. The second-order valence-corrected chi connectivity index (χ2v) is 2.75. The highest BCUT2D eigenvalue weighted by molar-refractivity contribution is 6.18. The largest absolute Gasteiger partial charge is 0.464 e. The summed E-state index contributed by atoms with van der Waals surface area (Å²) in [5.74, 6) is 0.320. The first-order valence-electron chi connectivity index (χ1n) is 3.98. The van der Waals surface area contributed by atoms with Crippen molar-refractivity contribution in [2.24, 2.45) is 5.92 Å². The van der Waals surface area contributed by atoms with Gasteiger partial charge in [-0.2, -0.15) is 0 Å². The molecule has 0 rings (SSSR count). The Morgan fingerprint density at radius 2 is 2.00 bits per heavy atom. The van der Waals surface area contributed by atoms with Crippen LogP contribution in [0.3, 0.4) is 0 Å². The Labute approximate surface area is 72.9 Å². The van der Waals surface area contributed by atoms with E-state index >= 15 is 0 Å². The van der Waals surface area contributed by atoms with E-state index in [2.05, 4.69) is 0 Å². The maximum Gasteiger partial charge on any atom is 0.308 e. The molecule has 11 heavy (non-hydrogen) atoms. The van der Waals surface area contributed by atoms with Crippen molar-refractivity contribution in [2.45, 2.75) is 26.7 Å². The Hall–Kier alpha value is -0.240. The molecule has 0 aliphatic heterocycles. The molecule has 0 saturated heterocycles. The fraction of sp³-hybridized carbons (Fsp3) is 0.875. The van der Waals surface area contributed by atoms with Gasteiger partial charge in [0.05, 0.1) is 11.8 Å². The van der Waals surface area contributed by atoms with E-state index in [4.69, 9.17) is 16.3 Å². The van der Waals surface area contributed by atoms with Gasteiger partial charge in [0.1, 0.15) is 6.61 Å². The predicted octanol–water partition coefficient (Wildman–Crippen LogP) is 2.20. The first kappa shape index (κ1) is 10.8. The van der Waals surface area contributed by atoms with E-state index in [1.165, 1.54) is 0 Å². The van der Waals surface area contributed by atoms with E-state index in [1.807, 2.05) is 13.8 Å². The molecule has 0 aromatic heterocycles. The molecule has 0 saturated carbocycles. The first-order chi connectivity index (χ1) is 5.26. The highest BCUT2D eigenvalue weighted by Gasteiger charge is 2.14. The summed E-state index contributed by atoms with van der Waals surface area (Å²) in [5.41, 5.74) is 0. The van der Waals surface area contributed by atoms with Crippen LogP contribution in [0, 0.1) is 5.92 Å².